The van der Waals surface area contributed by atoms with E-state index in [9.17, 15) is 0 Å². The Morgan fingerprint density at radius 3 is 2.06 bits per heavy atom. The highest BCUT2D eigenvalue weighted by atomic mass is 35.5. The van der Waals surface area contributed by atoms with Crippen molar-refractivity contribution in [3.63, 3.8) is 0 Å². The summed E-state index contributed by atoms with van der Waals surface area (Å²) in [7, 11) is 0. The first-order valence-electron chi connectivity index (χ1n) is 4.40. The number of halogens is 4. The molecule has 0 amide bonds. The van der Waals surface area contributed by atoms with E-state index < -0.39 is 0 Å². The molecular weight excluding hydrogens is 286 g/mol. The number of hydrogen-bond donors (Lipinski definition) is 0. The van der Waals surface area contributed by atoms with Crippen LogP contribution in [0.4, 0.5) is 0 Å². The molecule has 0 saturated carbocycles. The molecule has 2 aromatic rings. The molecule has 0 unspecified atom stereocenters. The highest BCUT2D eigenvalue weighted by Crippen LogP contribution is 2.37. The molecule has 0 N–H and O–H groups in total. The van der Waals surface area contributed by atoms with Crippen LogP contribution in [0.25, 0.3) is 11.1 Å². The van der Waals surface area contributed by atoms with Crippen molar-refractivity contribution in [2.24, 2.45) is 0 Å². The van der Waals surface area contributed by atoms with E-state index in [1.807, 2.05) is 6.07 Å². The second-order valence-electron chi connectivity index (χ2n) is 3.17. The summed E-state index contributed by atoms with van der Waals surface area (Å²) in [6.45, 7) is 0. The fourth-order valence-corrected chi connectivity index (χ4v) is 2.63. The van der Waals surface area contributed by atoms with Crippen LogP contribution in [0.1, 0.15) is 0 Å². The smallest absolute Gasteiger partial charge is 0.0514 e. The quantitative estimate of drug-likeness (QED) is 0.626. The van der Waals surface area contributed by atoms with Gasteiger partial charge in [0, 0.05) is 21.7 Å². The highest BCUT2D eigenvalue weighted by Gasteiger charge is 2.10. The Balaban J connectivity index is 2.64. The molecule has 0 heterocycles. The summed E-state index contributed by atoms with van der Waals surface area (Å²) in [5.74, 6) is 0. The van der Waals surface area contributed by atoms with E-state index >= 15 is 0 Å². The van der Waals surface area contributed by atoms with Crippen molar-refractivity contribution >= 4 is 46.4 Å². The third-order valence-corrected chi connectivity index (χ3v) is 3.09. The van der Waals surface area contributed by atoms with Gasteiger partial charge in [-0.3, -0.25) is 0 Å². The van der Waals surface area contributed by atoms with Crippen molar-refractivity contribution in [1.29, 1.82) is 0 Å². The topological polar surface area (TPSA) is 0 Å². The van der Waals surface area contributed by atoms with Gasteiger partial charge in [-0.2, -0.15) is 0 Å². The monoisotopic (exact) mass is 289 g/mol. The van der Waals surface area contributed by atoms with Gasteiger partial charge in [-0.25, -0.2) is 0 Å². The molecule has 0 atom stereocenters. The maximum Gasteiger partial charge on any atom is 0.0514 e. The van der Waals surface area contributed by atoms with Crippen molar-refractivity contribution < 1.29 is 0 Å². The summed E-state index contributed by atoms with van der Waals surface area (Å²) >= 11 is 23.9. The second kappa shape index (κ2) is 4.85. The van der Waals surface area contributed by atoms with E-state index in [4.69, 9.17) is 46.4 Å². The Bertz CT molecular complexity index is 511. The average molecular weight is 291 g/mol. The first-order chi connectivity index (χ1) is 7.58. The third-order valence-electron chi connectivity index (χ3n) is 2.06. The van der Waals surface area contributed by atoms with Crippen LogP contribution < -0.4 is 0 Å². The molecule has 2 aromatic carbocycles. The molecule has 0 nitrogen and oxygen atoms in total. The molecule has 1 radical (unpaired) electrons. The van der Waals surface area contributed by atoms with Gasteiger partial charge in [0.05, 0.1) is 10.0 Å². The van der Waals surface area contributed by atoms with Gasteiger partial charge in [0.2, 0.25) is 0 Å². The zero-order chi connectivity index (χ0) is 11.7. The zero-order valence-corrected chi connectivity index (χ0v) is 10.9. The summed E-state index contributed by atoms with van der Waals surface area (Å²) in [4.78, 5) is 0. The van der Waals surface area contributed by atoms with Gasteiger partial charge in [-0.05, 0) is 23.8 Å². The molecule has 0 aliphatic rings. The van der Waals surface area contributed by atoms with Crippen LogP contribution in [0.2, 0.25) is 20.1 Å². The van der Waals surface area contributed by atoms with Crippen LogP contribution in [-0.4, -0.2) is 0 Å². The fraction of sp³-hybridized carbons (Fsp3) is 0. The van der Waals surface area contributed by atoms with E-state index in [0.29, 0.717) is 20.1 Å². The highest BCUT2D eigenvalue weighted by molar-refractivity contribution is 6.42. The van der Waals surface area contributed by atoms with Crippen LogP contribution >= 0.6 is 46.4 Å². The molecule has 0 aliphatic carbocycles. The van der Waals surface area contributed by atoms with Crippen LogP contribution in [0, 0.1) is 6.07 Å². The predicted molar refractivity (Wildman–Crippen MR) is 70.8 cm³/mol. The van der Waals surface area contributed by atoms with E-state index in [1.54, 1.807) is 24.3 Å². The molecule has 0 aromatic heterocycles. The average Bonchev–Trinajstić information content (AvgIpc) is 2.15. The summed E-state index contributed by atoms with van der Waals surface area (Å²) in [6, 6.07) is 11.5. The number of hydrogen-bond acceptors (Lipinski definition) is 0. The van der Waals surface area contributed by atoms with Crippen LogP contribution in [0.15, 0.2) is 30.3 Å². The van der Waals surface area contributed by atoms with Gasteiger partial charge in [0.15, 0.2) is 0 Å². The molecule has 81 valence electrons. The van der Waals surface area contributed by atoms with Gasteiger partial charge in [0.25, 0.3) is 0 Å². The van der Waals surface area contributed by atoms with Crippen molar-refractivity contribution in [1.82, 2.24) is 0 Å². The second-order valence-corrected chi connectivity index (χ2v) is 4.83. The third kappa shape index (κ3) is 2.46. The summed E-state index contributed by atoms with van der Waals surface area (Å²) in [6.07, 6.45) is 0. The minimum Gasteiger partial charge on any atom is -0.0842 e. The lowest BCUT2D eigenvalue weighted by Gasteiger charge is -2.08. The van der Waals surface area contributed by atoms with Crippen molar-refractivity contribution in [3.05, 3.63) is 56.5 Å². The fourth-order valence-electron chi connectivity index (χ4n) is 1.41. The standard InChI is InChI=1S/C12H5Cl4/c13-8-3-1-2-7(4-8)12-10(15)5-9(14)6-11(12)16/h1-2,4-6H. The lowest BCUT2D eigenvalue weighted by Crippen LogP contribution is -1.82. The molecule has 4 heteroatoms. The summed E-state index contributed by atoms with van der Waals surface area (Å²) < 4.78 is 0. The van der Waals surface area contributed by atoms with Gasteiger partial charge >= 0.3 is 0 Å². The Morgan fingerprint density at radius 2 is 1.50 bits per heavy atom. The summed E-state index contributed by atoms with van der Waals surface area (Å²) in [5.41, 5.74) is 1.57. The minimum atomic E-state index is 0.500. The van der Waals surface area contributed by atoms with Crippen molar-refractivity contribution in [2.45, 2.75) is 0 Å². The Kier molecular flexibility index (Phi) is 3.66. The molecule has 16 heavy (non-hydrogen) atoms. The first kappa shape index (κ1) is 12.1. The Labute approximate surface area is 114 Å². The lowest BCUT2D eigenvalue weighted by atomic mass is 10.1. The molecule has 0 aliphatic heterocycles. The normalized spacial score (nSPS) is 10.5. The van der Waals surface area contributed by atoms with Gasteiger partial charge in [-0.1, -0.05) is 58.5 Å². The maximum absolute atomic E-state index is 6.10. The van der Waals surface area contributed by atoms with E-state index in [2.05, 4.69) is 6.07 Å². The lowest BCUT2D eigenvalue weighted by molar-refractivity contribution is 1.61. The largest absolute Gasteiger partial charge is 0.0842 e. The molecular formula is C12H5Cl4. The number of rotatable bonds is 1. The van der Waals surface area contributed by atoms with Crippen LogP contribution in [0.3, 0.4) is 0 Å². The van der Waals surface area contributed by atoms with E-state index in [-0.39, 0.29) is 0 Å². The van der Waals surface area contributed by atoms with Gasteiger partial charge in [0.1, 0.15) is 0 Å². The Hall–Kier alpha value is -0.400. The van der Waals surface area contributed by atoms with Crippen molar-refractivity contribution in [3.8, 4) is 11.1 Å². The van der Waals surface area contributed by atoms with Crippen LogP contribution in [0.5, 0.6) is 0 Å². The maximum atomic E-state index is 6.10. The molecule has 0 saturated heterocycles. The van der Waals surface area contributed by atoms with Crippen molar-refractivity contribution in [2.75, 3.05) is 0 Å². The van der Waals surface area contributed by atoms with E-state index in [0.717, 1.165) is 11.1 Å². The molecule has 0 bridgehead atoms. The molecule has 0 fully saturated rings. The van der Waals surface area contributed by atoms with E-state index in [1.165, 1.54) is 0 Å². The zero-order valence-electron chi connectivity index (χ0n) is 7.90. The molecule has 2 rings (SSSR count). The SMILES string of the molecule is Clc1[c]ccc(-c2c(Cl)cc(Cl)cc2Cl)c1. The summed E-state index contributed by atoms with van der Waals surface area (Å²) in [5, 5.41) is 2.02. The van der Waals surface area contributed by atoms with Gasteiger partial charge < -0.3 is 0 Å². The predicted octanol–water partition coefficient (Wildman–Crippen LogP) is 5.77. The minimum absolute atomic E-state index is 0.500. The van der Waals surface area contributed by atoms with Crippen LogP contribution in [-0.2, 0) is 0 Å². The first-order valence-corrected chi connectivity index (χ1v) is 5.91. The Morgan fingerprint density at radius 1 is 0.875 bits per heavy atom. The molecule has 0 spiro atoms. The van der Waals surface area contributed by atoms with Gasteiger partial charge in [-0.15, -0.1) is 0 Å². The number of benzene rings is 2.